The summed E-state index contributed by atoms with van der Waals surface area (Å²) in [5, 5.41) is 20.2. The predicted octanol–water partition coefficient (Wildman–Crippen LogP) is 0.236. The highest BCUT2D eigenvalue weighted by molar-refractivity contribution is 5.97. The van der Waals surface area contributed by atoms with Crippen LogP contribution in [0.4, 0.5) is 17.5 Å². The fourth-order valence-electron chi connectivity index (χ4n) is 3.26. The number of nitrogen functional groups attached to an aromatic ring is 2. The van der Waals surface area contributed by atoms with Gasteiger partial charge in [-0.1, -0.05) is 0 Å². The van der Waals surface area contributed by atoms with E-state index in [2.05, 4.69) is 34.7 Å². The Morgan fingerprint density at radius 2 is 1.85 bits per heavy atom. The Hall–Kier alpha value is -5.54. The van der Waals surface area contributed by atoms with Gasteiger partial charge in [-0.2, -0.15) is 9.97 Å². The number of aromatic nitrogens is 5. The zero-order valence-corrected chi connectivity index (χ0v) is 20.6. The van der Waals surface area contributed by atoms with Gasteiger partial charge >= 0.3 is 17.7 Å². The number of anilines is 3. The lowest BCUT2D eigenvalue weighted by molar-refractivity contribution is -0.140. The Balaban J connectivity index is 0.000000617. The van der Waals surface area contributed by atoms with Crippen LogP contribution in [-0.2, 0) is 16.1 Å². The highest BCUT2D eigenvalue weighted by atomic mass is 16.4. The normalized spacial score (nSPS) is 11.2. The third-order valence-corrected chi connectivity index (χ3v) is 5.17. The van der Waals surface area contributed by atoms with E-state index in [0.29, 0.717) is 23.4 Å². The second-order valence-electron chi connectivity index (χ2n) is 8.05. The van der Waals surface area contributed by atoms with Crippen LogP contribution in [0.3, 0.4) is 0 Å². The van der Waals surface area contributed by atoms with Crippen LogP contribution < -0.4 is 27.4 Å². The summed E-state index contributed by atoms with van der Waals surface area (Å²) in [5.74, 6) is -3.32. The Labute approximate surface area is 219 Å². The molecule has 3 heterocycles. The van der Waals surface area contributed by atoms with Crippen molar-refractivity contribution in [1.29, 1.82) is 0 Å². The molecule has 1 atom stereocenters. The van der Waals surface area contributed by atoms with Crippen molar-refractivity contribution in [3.63, 3.8) is 0 Å². The molecule has 4 rings (SSSR count). The Bertz CT molecular complexity index is 1500. The molecule has 0 unspecified atom stereocenters. The van der Waals surface area contributed by atoms with Crippen LogP contribution in [0.1, 0.15) is 28.9 Å². The Morgan fingerprint density at radius 3 is 2.41 bits per heavy atom. The van der Waals surface area contributed by atoms with Crippen molar-refractivity contribution < 1.29 is 29.0 Å². The van der Waals surface area contributed by atoms with Crippen LogP contribution in [0.2, 0.25) is 0 Å². The van der Waals surface area contributed by atoms with Gasteiger partial charge in [0.15, 0.2) is 17.0 Å². The molecule has 8 N–H and O–H groups in total. The molecule has 39 heavy (non-hydrogen) atoms. The predicted molar refractivity (Wildman–Crippen MR) is 138 cm³/mol. The number of carboxylic acids is 2. The number of nitrogens with zero attached hydrogens (tertiary/aromatic N) is 5. The number of amides is 1. The van der Waals surface area contributed by atoms with Crippen molar-refractivity contribution in [2.24, 2.45) is 0 Å². The van der Waals surface area contributed by atoms with Crippen molar-refractivity contribution >= 4 is 46.5 Å². The number of benzene rings is 1. The van der Waals surface area contributed by atoms with E-state index >= 15 is 0 Å². The maximum absolute atomic E-state index is 12.4. The largest absolute Gasteiger partial charge is 0.481 e. The number of H-pyrrole nitrogens is 1. The zero-order valence-electron chi connectivity index (χ0n) is 20.6. The van der Waals surface area contributed by atoms with E-state index in [-0.39, 0.29) is 30.2 Å². The van der Waals surface area contributed by atoms with Gasteiger partial charge < -0.3 is 36.3 Å². The molecule has 0 spiro atoms. The number of hydrogen-bond acceptors (Lipinski definition) is 12. The molecular weight excluding hydrogens is 514 g/mol. The number of hydrogen-bond donors (Lipinski definition) is 6. The number of rotatable bonds is 9. The number of fused-ring (bicyclic) bond motifs is 1. The van der Waals surface area contributed by atoms with Crippen molar-refractivity contribution in [2.75, 3.05) is 23.4 Å². The lowest BCUT2D eigenvalue weighted by atomic mass is 10.1. The molecule has 16 heteroatoms. The van der Waals surface area contributed by atoms with Crippen molar-refractivity contribution in [3.05, 3.63) is 64.7 Å². The SMILES string of the molecule is CN(Cc1cnc2nc(N)nc(N)c2n1)c1ccc(C(=O)N[C@@H](CCC(=O)O)C(=O)O)cc1.O=c1[nH]cco1. The summed E-state index contributed by atoms with van der Waals surface area (Å²) in [6, 6.07) is 5.16. The fraction of sp³-hybridized carbons (Fsp3) is 0.217. The van der Waals surface area contributed by atoms with E-state index in [1.807, 2.05) is 11.9 Å². The number of aliphatic carboxylic acids is 2. The number of nitrogens with one attached hydrogen (secondary N) is 2. The fourth-order valence-corrected chi connectivity index (χ4v) is 3.26. The third kappa shape index (κ3) is 7.97. The Morgan fingerprint density at radius 1 is 1.13 bits per heavy atom. The van der Waals surface area contributed by atoms with Gasteiger partial charge in [-0.15, -0.1) is 0 Å². The highest BCUT2D eigenvalue weighted by Crippen LogP contribution is 2.19. The van der Waals surface area contributed by atoms with E-state index in [1.54, 1.807) is 18.3 Å². The molecular formula is C23H25N9O7. The third-order valence-electron chi connectivity index (χ3n) is 5.17. The molecule has 0 aliphatic carbocycles. The standard InChI is InChI=1S/C20H22N8O5.C3H3NO2/c1-28(9-11-8-23-17-15(24-11)16(21)26-20(22)27-17)12-4-2-10(3-5-12)18(31)25-13(19(32)33)6-7-14(29)30;5-3-4-1-2-6-3/h2-5,8,13H,6-7,9H2,1H3,(H,25,31)(H,29,30)(H,32,33)(H4,21,22,23,26,27);1-2H,(H,4,5)/t13-;/m0./s1. The van der Waals surface area contributed by atoms with Gasteiger partial charge in [0.2, 0.25) is 5.95 Å². The second kappa shape index (κ2) is 12.6. The van der Waals surface area contributed by atoms with E-state index in [4.69, 9.17) is 16.6 Å². The van der Waals surface area contributed by atoms with E-state index in [9.17, 15) is 24.3 Å². The molecule has 3 aromatic heterocycles. The maximum Gasteiger partial charge on any atom is 0.416 e. The van der Waals surface area contributed by atoms with Crippen molar-refractivity contribution in [2.45, 2.75) is 25.4 Å². The summed E-state index contributed by atoms with van der Waals surface area (Å²) < 4.78 is 4.22. The topological polar surface area (TPSA) is 257 Å². The average molecular weight is 540 g/mol. The Kier molecular flexibility index (Phi) is 9.07. The van der Waals surface area contributed by atoms with Gasteiger partial charge in [-0.25, -0.2) is 19.6 Å². The number of carbonyl (C=O) groups is 3. The molecule has 0 aliphatic heterocycles. The molecule has 4 aromatic rings. The van der Waals surface area contributed by atoms with Gasteiger partial charge in [-0.3, -0.25) is 14.6 Å². The molecule has 0 saturated heterocycles. The first-order valence-corrected chi connectivity index (χ1v) is 11.3. The number of aromatic amines is 1. The molecule has 0 radical (unpaired) electrons. The molecule has 0 bridgehead atoms. The van der Waals surface area contributed by atoms with Crippen LogP contribution in [0, 0.1) is 0 Å². The summed E-state index contributed by atoms with van der Waals surface area (Å²) in [5.41, 5.74) is 13.7. The number of nitrogens with two attached hydrogens (primary N) is 2. The van der Waals surface area contributed by atoms with Gasteiger partial charge in [0.25, 0.3) is 5.91 Å². The van der Waals surface area contributed by atoms with Crippen LogP contribution in [0.25, 0.3) is 11.2 Å². The summed E-state index contributed by atoms with van der Waals surface area (Å²) in [4.78, 5) is 64.8. The van der Waals surface area contributed by atoms with Gasteiger partial charge in [-0.05, 0) is 30.7 Å². The molecule has 0 fully saturated rings. The average Bonchev–Trinajstić information content (AvgIpc) is 3.37. The maximum atomic E-state index is 12.4. The minimum Gasteiger partial charge on any atom is -0.481 e. The molecule has 204 valence electrons. The summed E-state index contributed by atoms with van der Waals surface area (Å²) >= 11 is 0. The highest BCUT2D eigenvalue weighted by Gasteiger charge is 2.21. The van der Waals surface area contributed by atoms with Crippen LogP contribution in [0.5, 0.6) is 0 Å². The minimum atomic E-state index is -1.30. The van der Waals surface area contributed by atoms with Crippen molar-refractivity contribution in [3.8, 4) is 0 Å². The molecule has 16 nitrogen and oxygen atoms in total. The van der Waals surface area contributed by atoms with E-state index in [1.165, 1.54) is 24.6 Å². The van der Waals surface area contributed by atoms with E-state index in [0.717, 1.165) is 5.69 Å². The lowest BCUT2D eigenvalue weighted by Gasteiger charge is -2.19. The first-order chi connectivity index (χ1) is 18.5. The molecule has 0 aliphatic rings. The first kappa shape index (κ1) is 28.0. The number of carboxylic acid groups (broad SMARTS) is 2. The summed E-state index contributed by atoms with van der Waals surface area (Å²) in [6.07, 6.45) is 3.69. The van der Waals surface area contributed by atoms with Gasteiger partial charge in [0.1, 0.15) is 12.3 Å². The second-order valence-corrected chi connectivity index (χ2v) is 8.05. The number of oxazole rings is 1. The lowest BCUT2D eigenvalue weighted by Crippen LogP contribution is -2.41. The van der Waals surface area contributed by atoms with Crippen LogP contribution in [-0.4, -0.2) is 66.1 Å². The van der Waals surface area contributed by atoms with Crippen LogP contribution >= 0.6 is 0 Å². The minimum absolute atomic E-state index is 0.0138. The number of carbonyl (C=O) groups excluding carboxylic acids is 1. The molecule has 0 saturated carbocycles. The quantitative estimate of drug-likeness (QED) is 0.166. The van der Waals surface area contributed by atoms with E-state index < -0.39 is 29.6 Å². The molecule has 1 aromatic carbocycles. The smallest absolute Gasteiger partial charge is 0.416 e. The van der Waals surface area contributed by atoms with Gasteiger partial charge in [0, 0.05) is 30.9 Å². The summed E-state index contributed by atoms with van der Waals surface area (Å²) in [7, 11) is 1.82. The van der Waals surface area contributed by atoms with Crippen molar-refractivity contribution in [1.82, 2.24) is 30.2 Å². The summed E-state index contributed by atoms with van der Waals surface area (Å²) in [6.45, 7) is 0.370. The first-order valence-electron chi connectivity index (χ1n) is 11.3. The zero-order chi connectivity index (χ0) is 28.5. The monoisotopic (exact) mass is 539 g/mol. The molecule has 1 amide bonds. The van der Waals surface area contributed by atoms with Crippen LogP contribution in [0.15, 0.2) is 52.1 Å². The van der Waals surface area contributed by atoms with Gasteiger partial charge in [0.05, 0.1) is 18.4 Å².